The van der Waals surface area contributed by atoms with E-state index in [9.17, 15) is 12.8 Å². The topological polar surface area (TPSA) is 160 Å². The molecule has 4 aromatic heterocycles. The van der Waals surface area contributed by atoms with E-state index in [1.165, 1.54) is 32.0 Å². The van der Waals surface area contributed by atoms with Crippen LogP contribution in [0, 0.1) is 5.82 Å². The SMILES string of the molecule is COc1ncnc(OC)c1-n1c(NS(=O)(=O)[C@@H](C)[C@H](C)c2ncc(F)cn2)nnc1-c1ccc(Br)o1. The predicted molar refractivity (Wildman–Crippen MR) is 128 cm³/mol. The molecule has 0 amide bonds. The molecule has 0 aliphatic heterocycles. The molecule has 4 heterocycles. The molecule has 190 valence electrons. The Morgan fingerprint density at radius 1 is 1.06 bits per heavy atom. The average molecular weight is 583 g/mol. The molecular weight excluding hydrogens is 563 g/mol. The Bertz CT molecular complexity index is 1460. The van der Waals surface area contributed by atoms with E-state index >= 15 is 0 Å². The van der Waals surface area contributed by atoms with Crippen LogP contribution in [0.15, 0.2) is 39.9 Å². The number of nitrogens with one attached hydrogen (secondary N) is 1. The Morgan fingerprint density at radius 3 is 2.25 bits per heavy atom. The lowest BCUT2D eigenvalue weighted by atomic mass is 10.1. The summed E-state index contributed by atoms with van der Waals surface area (Å²) in [4.78, 5) is 16.0. The summed E-state index contributed by atoms with van der Waals surface area (Å²) in [5.41, 5.74) is 0.135. The maximum atomic E-state index is 13.4. The van der Waals surface area contributed by atoms with E-state index in [-0.39, 0.29) is 40.8 Å². The van der Waals surface area contributed by atoms with Crippen molar-refractivity contribution in [1.82, 2.24) is 34.7 Å². The Morgan fingerprint density at radius 2 is 1.69 bits per heavy atom. The van der Waals surface area contributed by atoms with Gasteiger partial charge in [0.15, 0.2) is 21.9 Å². The van der Waals surface area contributed by atoms with Crippen molar-refractivity contribution >= 4 is 31.9 Å². The average Bonchev–Trinajstić information content (AvgIpc) is 3.48. The molecule has 4 aromatic rings. The van der Waals surface area contributed by atoms with Gasteiger partial charge in [-0.25, -0.2) is 27.3 Å². The summed E-state index contributed by atoms with van der Waals surface area (Å²) in [6.07, 6.45) is 3.18. The molecule has 0 saturated heterocycles. The first-order valence-electron chi connectivity index (χ1n) is 10.3. The summed E-state index contributed by atoms with van der Waals surface area (Å²) in [5.74, 6) is -0.854. The quantitative estimate of drug-likeness (QED) is 0.309. The maximum absolute atomic E-state index is 13.4. The molecule has 0 spiro atoms. The minimum Gasteiger partial charge on any atom is -0.479 e. The monoisotopic (exact) mass is 582 g/mol. The molecule has 0 fully saturated rings. The van der Waals surface area contributed by atoms with Gasteiger partial charge in [0.1, 0.15) is 12.2 Å². The molecule has 0 aliphatic carbocycles. The molecule has 4 rings (SSSR count). The van der Waals surface area contributed by atoms with Crippen LogP contribution in [0.2, 0.25) is 0 Å². The lowest BCUT2D eigenvalue weighted by Gasteiger charge is -2.20. The summed E-state index contributed by atoms with van der Waals surface area (Å²) >= 11 is 3.24. The Hall–Kier alpha value is -3.66. The zero-order chi connectivity index (χ0) is 26.0. The fourth-order valence-corrected chi connectivity index (χ4v) is 4.79. The van der Waals surface area contributed by atoms with Gasteiger partial charge in [-0.1, -0.05) is 6.92 Å². The summed E-state index contributed by atoms with van der Waals surface area (Å²) in [6.45, 7) is 3.09. The molecule has 0 unspecified atom stereocenters. The van der Waals surface area contributed by atoms with Crippen LogP contribution in [0.1, 0.15) is 25.6 Å². The zero-order valence-corrected chi connectivity index (χ0v) is 21.8. The van der Waals surface area contributed by atoms with Crippen LogP contribution in [0.5, 0.6) is 11.8 Å². The van der Waals surface area contributed by atoms with Crippen LogP contribution >= 0.6 is 15.9 Å². The van der Waals surface area contributed by atoms with Crippen LogP contribution in [0.25, 0.3) is 17.3 Å². The van der Waals surface area contributed by atoms with Crippen molar-refractivity contribution in [1.29, 1.82) is 0 Å². The minimum absolute atomic E-state index is 0.0649. The van der Waals surface area contributed by atoms with Gasteiger partial charge < -0.3 is 13.9 Å². The lowest BCUT2D eigenvalue weighted by molar-refractivity contribution is 0.368. The summed E-state index contributed by atoms with van der Waals surface area (Å²) < 4.78 is 60.5. The van der Waals surface area contributed by atoms with Crippen LogP contribution < -0.4 is 14.2 Å². The Kier molecular flexibility index (Phi) is 7.16. The third-order valence-corrected chi connectivity index (χ3v) is 7.58. The van der Waals surface area contributed by atoms with Crippen molar-refractivity contribution in [2.45, 2.75) is 25.0 Å². The van der Waals surface area contributed by atoms with Crippen LogP contribution in [-0.4, -0.2) is 62.6 Å². The van der Waals surface area contributed by atoms with E-state index in [2.05, 4.69) is 50.8 Å². The van der Waals surface area contributed by atoms with Crippen molar-refractivity contribution in [3.8, 4) is 29.0 Å². The smallest absolute Gasteiger partial charge is 0.245 e. The summed E-state index contributed by atoms with van der Waals surface area (Å²) in [5, 5.41) is 7.11. The van der Waals surface area contributed by atoms with Gasteiger partial charge in [-0.2, -0.15) is 9.97 Å². The number of ether oxygens (including phenoxy) is 2. The highest BCUT2D eigenvalue weighted by Gasteiger charge is 2.33. The molecule has 13 nitrogen and oxygen atoms in total. The van der Waals surface area contributed by atoms with Gasteiger partial charge in [-0.05, 0) is 35.0 Å². The van der Waals surface area contributed by atoms with E-state index in [1.54, 1.807) is 19.1 Å². The number of anilines is 1. The van der Waals surface area contributed by atoms with Gasteiger partial charge in [-0.15, -0.1) is 10.2 Å². The van der Waals surface area contributed by atoms with E-state index in [0.29, 0.717) is 4.67 Å². The fourth-order valence-electron chi connectivity index (χ4n) is 3.25. The second kappa shape index (κ2) is 10.1. The van der Waals surface area contributed by atoms with Gasteiger partial charge in [0.2, 0.25) is 33.6 Å². The highest BCUT2D eigenvalue weighted by Crippen LogP contribution is 2.36. The first-order valence-corrected chi connectivity index (χ1v) is 12.6. The minimum atomic E-state index is -4.11. The normalized spacial score (nSPS) is 13.3. The predicted octanol–water partition coefficient (Wildman–Crippen LogP) is 2.96. The van der Waals surface area contributed by atoms with Crippen LogP contribution in [0.4, 0.5) is 10.3 Å². The number of sulfonamides is 1. The number of nitrogens with zero attached hydrogens (tertiary/aromatic N) is 7. The molecule has 0 radical (unpaired) electrons. The number of hydrogen-bond acceptors (Lipinski definition) is 11. The molecule has 36 heavy (non-hydrogen) atoms. The first-order chi connectivity index (χ1) is 17.2. The van der Waals surface area contributed by atoms with E-state index < -0.39 is 27.0 Å². The Balaban J connectivity index is 1.81. The second-order valence-electron chi connectivity index (χ2n) is 7.43. The van der Waals surface area contributed by atoms with Crippen molar-refractivity contribution in [3.05, 3.63) is 47.2 Å². The summed E-state index contributed by atoms with van der Waals surface area (Å²) in [7, 11) is -1.35. The molecule has 0 bridgehead atoms. The van der Waals surface area contributed by atoms with Gasteiger partial charge in [-0.3, -0.25) is 4.72 Å². The zero-order valence-electron chi connectivity index (χ0n) is 19.4. The number of furan rings is 1. The van der Waals surface area contributed by atoms with Gasteiger partial charge >= 0.3 is 0 Å². The molecule has 0 saturated carbocycles. The van der Waals surface area contributed by atoms with Crippen molar-refractivity contribution in [2.75, 3.05) is 18.9 Å². The first kappa shape index (κ1) is 25.4. The molecule has 2 atom stereocenters. The molecular formula is C20H20BrFN8O5S. The highest BCUT2D eigenvalue weighted by atomic mass is 79.9. The van der Waals surface area contributed by atoms with Gasteiger partial charge in [0.05, 0.1) is 31.9 Å². The van der Waals surface area contributed by atoms with Crippen LogP contribution in [-0.2, 0) is 10.0 Å². The number of rotatable bonds is 9. The number of aromatic nitrogens is 7. The lowest BCUT2D eigenvalue weighted by Crippen LogP contribution is -2.31. The third kappa shape index (κ3) is 4.86. The molecule has 0 aromatic carbocycles. The van der Waals surface area contributed by atoms with Gasteiger partial charge in [0, 0.05) is 5.92 Å². The number of methoxy groups -OCH3 is 2. The number of hydrogen-bond donors (Lipinski definition) is 1. The molecule has 0 aliphatic rings. The van der Waals surface area contributed by atoms with Crippen LogP contribution in [0.3, 0.4) is 0 Å². The van der Waals surface area contributed by atoms with Crippen molar-refractivity contribution in [2.24, 2.45) is 0 Å². The Labute approximate surface area is 213 Å². The van der Waals surface area contributed by atoms with E-state index in [4.69, 9.17) is 13.9 Å². The van der Waals surface area contributed by atoms with E-state index in [1.807, 2.05) is 0 Å². The van der Waals surface area contributed by atoms with E-state index in [0.717, 1.165) is 12.4 Å². The van der Waals surface area contributed by atoms with Gasteiger partial charge in [0.25, 0.3) is 0 Å². The van der Waals surface area contributed by atoms with Crippen molar-refractivity contribution in [3.63, 3.8) is 0 Å². The highest BCUT2D eigenvalue weighted by molar-refractivity contribution is 9.10. The number of halogens is 2. The molecule has 16 heteroatoms. The maximum Gasteiger partial charge on any atom is 0.245 e. The van der Waals surface area contributed by atoms with Crippen molar-refractivity contribution < 1.29 is 26.7 Å². The largest absolute Gasteiger partial charge is 0.479 e. The third-order valence-electron chi connectivity index (χ3n) is 5.30. The molecule has 1 N–H and O–H groups in total. The standard InChI is InChI=1S/C20H20BrFN8O5S/c1-10(16-23-7-12(22)8-24-16)11(2)36(31,32)29-20-28-27-17(13-5-6-14(21)35-13)30(20)15-18(33-3)25-9-26-19(15)34-4/h5-11H,1-4H3,(H,28,29)/t10-,11-/m0/s1. The summed E-state index contributed by atoms with van der Waals surface area (Å²) in [6, 6.07) is 3.25. The second-order valence-corrected chi connectivity index (χ2v) is 10.2. The fraction of sp³-hybridized carbons (Fsp3) is 0.300.